The van der Waals surface area contributed by atoms with Crippen LogP contribution in [0.2, 0.25) is 0 Å². The fourth-order valence-electron chi connectivity index (χ4n) is 10.8. The molecular weight excluding hydrogens is 1220 g/mol. The van der Waals surface area contributed by atoms with Crippen molar-refractivity contribution >= 4 is 39.5 Å². The molecule has 0 amide bonds. The number of ether oxygens (including phenoxy) is 4. The Bertz CT molecular complexity index is 1900. The molecule has 0 aromatic heterocycles. The maximum absolute atomic E-state index is 13.1. The highest BCUT2D eigenvalue weighted by Crippen LogP contribution is 2.45. The summed E-state index contributed by atoms with van der Waals surface area (Å²) in [6.07, 6.45) is 54.8. The average Bonchev–Trinajstić information content (AvgIpc) is 3.21. The largest absolute Gasteiger partial charge is 0.472 e. The Labute approximate surface area is 567 Å². The van der Waals surface area contributed by atoms with Gasteiger partial charge < -0.3 is 33.8 Å². The van der Waals surface area contributed by atoms with Crippen LogP contribution in [-0.2, 0) is 65.4 Å². The number of hydrogen-bond acceptors (Lipinski definition) is 15. The average molecular weight is 1360 g/mol. The molecule has 0 saturated heterocycles. The van der Waals surface area contributed by atoms with Crippen molar-refractivity contribution in [2.45, 2.75) is 374 Å². The van der Waals surface area contributed by atoms with Gasteiger partial charge in [0.25, 0.3) is 0 Å². The van der Waals surface area contributed by atoms with Crippen LogP contribution in [-0.4, -0.2) is 96.7 Å². The summed E-state index contributed by atoms with van der Waals surface area (Å²) < 4.78 is 68.4. The zero-order valence-electron chi connectivity index (χ0n) is 60.0. The minimum atomic E-state index is -4.96. The van der Waals surface area contributed by atoms with Gasteiger partial charge in [-0.25, -0.2) is 9.13 Å². The van der Waals surface area contributed by atoms with Gasteiger partial charge in [0.1, 0.15) is 19.3 Å². The third kappa shape index (κ3) is 67.9. The molecule has 93 heavy (non-hydrogen) atoms. The summed E-state index contributed by atoms with van der Waals surface area (Å²) in [4.78, 5) is 72.7. The number of phosphoric ester groups is 2. The molecule has 0 spiro atoms. The second-order valence-electron chi connectivity index (χ2n) is 27.0. The predicted molar refractivity (Wildman–Crippen MR) is 377 cm³/mol. The van der Waals surface area contributed by atoms with Gasteiger partial charge in [0.15, 0.2) is 12.2 Å². The number of unbranched alkanes of at least 4 members (excludes halogenated alkanes) is 38. The van der Waals surface area contributed by atoms with Gasteiger partial charge in [-0.1, -0.05) is 303 Å². The van der Waals surface area contributed by atoms with E-state index < -0.39 is 97.5 Å². The van der Waals surface area contributed by atoms with Gasteiger partial charge in [0.05, 0.1) is 26.4 Å². The quantitative estimate of drug-likeness (QED) is 0.0169. The number of carbonyl (C=O) groups excluding carboxylic acids is 4. The van der Waals surface area contributed by atoms with Crippen LogP contribution in [0.3, 0.4) is 0 Å². The standard InChI is InChI=1S/C74H140O17P2/c1-7-9-11-13-15-17-19-20-21-22-27-34-40-46-52-58-73(78)90-70(63-85-72(77)57-51-45-39-33-28-23-25-30-36-42-48-54-66(3)4)65-89-93(82,83)87-61-68(75)60-86-92(80,81)88-64-69(62-84-71(76)56-50-44-38-32-18-16-14-12-10-8-2)91-74(79)59-53-47-41-35-29-24-26-31-37-43-49-55-67(5)6/h17,19-21,66-70,75H,7-16,18,22-65H2,1-6H3,(H,80,81)(H,82,83)/b19-17-,21-20-/t68-,69+,70+/m0/s1. The smallest absolute Gasteiger partial charge is 0.462 e. The Morgan fingerprint density at radius 1 is 0.333 bits per heavy atom. The van der Waals surface area contributed by atoms with E-state index in [1.165, 1.54) is 161 Å². The number of esters is 4. The van der Waals surface area contributed by atoms with E-state index in [0.29, 0.717) is 25.7 Å². The monoisotopic (exact) mass is 1360 g/mol. The van der Waals surface area contributed by atoms with Crippen LogP contribution in [0.5, 0.6) is 0 Å². The van der Waals surface area contributed by atoms with Crippen molar-refractivity contribution in [2.75, 3.05) is 39.6 Å². The lowest BCUT2D eigenvalue weighted by Crippen LogP contribution is -2.30. The summed E-state index contributed by atoms with van der Waals surface area (Å²) in [6.45, 7) is 9.51. The van der Waals surface area contributed by atoms with Gasteiger partial charge >= 0.3 is 39.5 Å². The summed E-state index contributed by atoms with van der Waals surface area (Å²) in [5.74, 6) is -0.616. The van der Waals surface area contributed by atoms with Gasteiger partial charge in [0.2, 0.25) is 0 Å². The van der Waals surface area contributed by atoms with E-state index in [-0.39, 0.29) is 25.7 Å². The Balaban J connectivity index is 5.29. The molecule has 0 heterocycles. The molecule has 548 valence electrons. The molecule has 19 heteroatoms. The van der Waals surface area contributed by atoms with Crippen molar-refractivity contribution < 1.29 is 80.2 Å². The van der Waals surface area contributed by atoms with Crippen molar-refractivity contribution in [3.05, 3.63) is 24.3 Å². The molecule has 5 atom stereocenters. The van der Waals surface area contributed by atoms with Crippen LogP contribution in [0.1, 0.15) is 356 Å². The maximum atomic E-state index is 13.1. The Morgan fingerprint density at radius 2 is 0.581 bits per heavy atom. The molecular formula is C74H140O17P2. The number of aliphatic hydroxyl groups is 1. The molecule has 0 saturated carbocycles. The molecule has 0 aliphatic rings. The lowest BCUT2D eigenvalue weighted by Gasteiger charge is -2.21. The molecule has 0 fully saturated rings. The molecule has 2 unspecified atom stereocenters. The SMILES string of the molecule is CCCCCC/C=C\C=C/CCCCCCCC(=O)O[C@H](COC(=O)CCCCCCCCCCCCCC(C)C)COP(=O)(O)OC[C@@H](O)COP(=O)(O)OC[C@@H](COC(=O)CCCCCCCCCCCC)OC(=O)CCCCCCCCCCCCCC(C)C. The number of allylic oxidation sites excluding steroid dienone is 4. The molecule has 17 nitrogen and oxygen atoms in total. The van der Waals surface area contributed by atoms with Crippen LogP contribution in [0.15, 0.2) is 24.3 Å². The van der Waals surface area contributed by atoms with Gasteiger partial charge in [-0.15, -0.1) is 0 Å². The van der Waals surface area contributed by atoms with E-state index in [1.54, 1.807) is 0 Å². The molecule has 0 aromatic rings. The second-order valence-corrected chi connectivity index (χ2v) is 29.9. The summed E-state index contributed by atoms with van der Waals surface area (Å²) in [5.41, 5.74) is 0. The highest BCUT2D eigenvalue weighted by atomic mass is 31.2. The lowest BCUT2D eigenvalue weighted by atomic mass is 10.0. The van der Waals surface area contributed by atoms with Crippen LogP contribution < -0.4 is 0 Å². The molecule has 0 aromatic carbocycles. The molecule has 0 radical (unpaired) electrons. The number of carbonyl (C=O) groups is 4. The van der Waals surface area contributed by atoms with Crippen LogP contribution in [0, 0.1) is 11.8 Å². The summed E-state index contributed by atoms with van der Waals surface area (Å²) >= 11 is 0. The van der Waals surface area contributed by atoms with Crippen LogP contribution in [0.4, 0.5) is 0 Å². The first-order chi connectivity index (χ1) is 44.9. The summed E-state index contributed by atoms with van der Waals surface area (Å²) in [5, 5.41) is 10.6. The first-order valence-electron chi connectivity index (χ1n) is 37.8. The Morgan fingerprint density at radius 3 is 0.882 bits per heavy atom. The van der Waals surface area contributed by atoms with E-state index in [9.17, 15) is 43.2 Å². The molecule has 3 N–H and O–H groups in total. The number of aliphatic hydroxyl groups excluding tert-OH is 1. The molecule has 0 bridgehead atoms. The zero-order chi connectivity index (χ0) is 68.6. The third-order valence-electron chi connectivity index (χ3n) is 16.6. The number of rotatable bonds is 71. The zero-order valence-corrected chi connectivity index (χ0v) is 61.8. The maximum Gasteiger partial charge on any atom is 0.472 e. The van der Waals surface area contributed by atoms with Crippen LogP contribution >= 0.6 is 15.6 Å². The number of phosphoric acid groups is 2. The lowest BCUT2D eigenvalue weighted by molar-refractivity contribution is -0.161. The second kappa shape index (κ2) is 65.5. The topological polar surface area (TPSA) is 237 Å². The van der Waals surface area contributed by atoms with E-state index in [1.807, 2.05) is 0 Å². The van der Waals surface area contributed by atoms with Gasteiger partial charge in [-0.3, -0.25) is 37.3 Å². The van der Waals surface area contributed by atoms with E-state index in [4.69, 9.17) is 37.0 Å². The van der Waals surface area contributed by atoms with Gasteiger partial charge in [-0.2, -0.15) is 0 Å². The molecule has 0 rings (SSSR count). The van der Waals surface area contributed by atoms with Crippen molar-refractivity contribution in [1.82, 2.24) is 0 Å². The first kappa shape index (κ1) is 90.5. The molecule has 0 aliphatic heterocycles. The van der Waals surface area contributed by atoms with E-state index in [2.05, 4.69) is 65.8 Å². The van der Waals surface area contributed by atoms with Crippen LogP contribution in [0.25, 0.3) is 0 Å². The predicted octanol–water partition coefficient (Wildman–Crippen LogP) is 21.1. The third-order valence-corrected chi connectivity index (χ3v) is 18.5. The molecule has 0 aliphatic carbocycles. The normalized spacial score (nSPS) is 14.2. The van der Waals surface area contributed by atoms with Crippen molar-refractivity contribution in [3.8, 4) is 0 Å². The minimum absolute atomic E-state index is 0.0849. The fraction of sp³-hybridized carbons (Fsp3) is 0.892. The Hall–Kier alpha value is -2.46. The van der Waals surface area contributed by atoms with Gasteiger partial charge in [0, 0.05) is 25.7 Å². The highest BCUT2D eigenvalue weighted by Gasteiger charge is 2.30. The van der Waals surface area contributed by atoms with E-state index in [0.717, 1.165) is 115 Å². The van der Waals surface area contributed by atoms with Gasteiger partial charge in [-0.05, 0) is 63.2 Å². The first-order valence-corrected chi connectivity index (χ1v) is 40.8. The Kier molecular flexibility index (Phi) is 63.7. The number of hydrogen-bond donors (Lipinski definition) is 3. The van der Waals surface area contributed by atoms with Crippen molar-refractivity contribution in [2.24, 2.45) is 11.8 Å². The fourth-order valence-corrected chi connectivity index (χ4v) is 12.3. The summed E-state index contributed by atoms with van der Waals surface area (Å²) in [6, 6.07) is 0. The highest BCUT2D eigenvalue weighted by molar-refractivity contribution is 7.47. The minimum Gasteiger partial charge on any atom is -0.462 e. The summed E-state index contributed by atoms with van der Waals surface area (Å²) in [7, 11) is -9.92. The van der Waals surface area contributed by atoms with E-state index >= 15 is 0 Å². The van der Waals surface area contributed by atoms with Crippen molar-refractivity contribution in [1.29, 1.82) is 0 Å². The van der Waals surface area contributed by atoms with Crippen molar-refractivity contribution in [3.63, 3.8) is 0 Å².